The first-order valence-corrected chi connectivity index (χ1v) is 8.53. The third kappa shape index (κ3) is 3.35. The van der Waals surface area contributed by atoms with E-state index in [0.717, 1.165) is 5.56 Å². The molecule has 1 heterocycles. The fraction of sp³-hybridized carbons (Fsp3) is 0.350. The SMILES string of the molecule is NCC(C(=O)N1C[C@@H](CN)[C@H](c2ccccc2)C1)c1ccccc1. The summed E-state index contributed by atoms with van der Waals surface area (Å²) in [5, 5.41) is 0. The van der Waals surface area contributed by atoms with Crippen molar-refractivity contribution in [1.29, 1.82) is 0 Å². The lowest BCUT2D eigenvalue weighted by Crippen LogP contribution is -2.37. The second kappa shape index (κ2) is 7.60. The van der Waals surface area contributed by atoms with Crippen molar-refractivity contribution in [3.05, 3.63) is 71.8 Å². The van der Waals surface area contributed by atoms with Crippen molar-refractivity contribution in [2.24, 2.45) is 17.4 Å². The molecule has 1 unspecified atom stereocenters. The third-order valence-corrected chi connectivity index (χ3v) is 5.02. The molecule has 3 atom stereocenters. The summed E-state index contributed by atoms with van der Waals surface area (Å²) >= 11 is 0. The number of benzene rings is 2. The van der Waals surface area contributed by atoms with Gasteiger partial charge in [-0.15, -0.1) is 0 Å². The first-order valence-electron chi connectivity index (χ1n) is 8.53. The highest BCUT2D eigenvalue weighted by Crippen LogP contribution is 2.33. The van der Waals surface area contributed by atoms with E-state index in [0.29, 0.717) is 38.0 Å². The van der Waals surface area contributed by atoms with E-state index in [1.165, 1.54) is 5.56 Å². The van der Waals surface area contributed by atoms with Crippen LogP contribution in [0, 0.1) is 5.92 Å². The van der Waals surface area contributed by atoms with Gasteiger partial charge in [-0.2, -0.15) is 0 Å². The molecule has 0 radical (unpaired) electrons. The van der Waals surface area contributed by atoms with E-state index in [-0.39, 0.29) is 11.8 Å². The number of nitrogens with two attached hydrogens (primary N) is 2. The highest BCUT2D eigenvalue weighted by Gasteiger charge is 2.37. The minimum absolute atomic E-state index is 0.112. The van der Waals surface area contributed by atoms with Gasteiger partial charge >= 0.3 is 0 Å². The maximum absolute atomic E-state index is 13.0. The van der Waals surface area contributed by atoms with Crippen LogP contribution >= 0.6 is 0 Å². The van der Waals surface area contributed by atoms with Crippen LogP contribution in [-0.2, 0) is 4.79 Å². The molecule has 1 amide bonds. The number of nitrogens with zero attached hydrogens (tertiary/aromatic N) is 1. The van der Waals surface area contributed by atoms with Gasteiger partial charge in [0.05, 0.1) is 5.92 Å². The van der Waals surface area contributed by atoms with Gasteiger partial charge in [-0.25, -0.2) is 0 Å². The summed E-state index contributed by atoms with van der Waals surface area (Å²) in [5.74, 6) is 0.430. The highest BCUT2D eigenvalue weighted by atomic mass is 16.2. The molecule has 4 heteroatoms. The van der Waals surface area contributed by atoms with Crippen LogP contribution in [-0.4, -0.2) is 37.0 Å². The molecule has 126 valence electrons. The van der Waals surface area contributed by atoms with E-state index in [2.05, 4.69) is 12.1 Å². The van der Waals surface area contributed by atoms with Crippen LogP contribution in [0.25, 0.3) is 0 Å². The molecular formula is C20H25N3O. The molecule has 4 N–H and O–H groups in total. The van der Waals surface area contributed by atoms with Crippen LogP contribution in [0.5, 0.6) is 0 Å². The monoisotopic (exact) mass is 323 g/mol. The Morgan fingerprint density at radius 1 is 1.00 bits per heavy atom. The molecule has 3 rings (SSSR count). The summed E-state index contributed by atoms with van der Waals surface area (Å²) in [5.41, 5.74) is 14.1. The number of hydrogen-bond acceptors (Lipinski definition) is 3. The summed E-state index contributed by atoms with van der Waals surface area (Å²) in [6, 6.07) is 20.1. The molecule has 1 aliphatic rings. The molecule has 0 bridgehead atoms. The van der Waals surface area contributed by atoms with Crippen molar-refractivity contribution in [3.8, 4) is 0 Å². The number of amides is 1. The average Bonchev–Trinajstić information content (AvgIpc) is 3.08. The highest BCUT2D eigenvalue weighted by molar-refractivity contribution is 5.84. The van der Waals surface area contributed by atoms with Gasteiger partial charge in [-0.05, 0) is 23.6 Å². The minimum Gasteiger partial charge on any atom is -0.341 e. The summed E-state index contributed by atoms with van der Waals surface area (Å²) in [4.78, 5) is 15.0. The Morgan fingerprint density at radius 2 is 1.62 bits per heavy atom. The summed E-state index contributed by atoms with van der Waals surface area (Å²) in [7, 11) is 0. The van der Waals surface area contributed by atoms with Crippen molar-refractivity contribution in [3.63, 3.8) is 0 Å². The van der Waals surface area contributed by atoms with Gasteiger partial charge < -0.3 is 16.4 Å². The molecule has 0 spiro atoms. The zero-order chi connectivity index (χ0) is 16.9. The van der Waals surface area contributed by atoms with Crippen molar-refractivity contribution in [2.45, 2.75) is 11.8 Å². The zero-order valence-electron chi connectivity index (χ0n) is 13.8. The van der Waals surface area contributed by atoms with Gasteiger partial charge in [-0.1, -0.05) is 60.7 Å². The normalized spacial score (nSPS) is 21.7. The standard InChI is InChI=1S/C20H25N3O/c21-11-17-13-23(14-19(17)16-9-5-2-6-10-16)20(24)18(12-22)15-7-3-1-4-8-15/h1-10,17-19H,11-14,21-22H2/t17-,18?,19+/m1/s1. The minimum atomic E-state index is -0.279. The lowest BCUT2D eigenvalue weighted by Gasteiger charge is -2.23. The molecule has 0 aliphatic carbocycles. The Bertz CT molecular complexity index is 659. The van der Waals surface area contributed by atoms with Gasteiger partial charge in [-0.3, -0.25) is 4.79 Å². The number of carbonyl (C=O) groups excluding carboxylic acids is 1. The van der Waals surface area contributed by atoms with Gasteiger partial charge in [0.2, 0.25) is 5.91 Å². The smallest absolute Gasteiger partial charge is 0.231 e. The molecule has 1 fully saturated rings. The zero-order valence-corrected chi connectivity index (χ0v) is 13.8. The van der Waals surface area contributed by atoms with Gasteiger partial charge in [0.1, 0.15) is 0 Å². The molecule has 0 aromatic heterocycles. The Labute approximate surface area is 143 Å². The van der Waals surface area contributed by atoms with E-state index in [1.807, 2.05) is 53.4 Å². The quantitative estimate of drug-likeness (QED) is 0.883. The van der Waals surface area contributed by atoms with Crippen LogP contribution in [0.4, 0.5) is 0 Å². The lowest BCUT2D eigenvalue weighted by atomic mass is 9.89. The van der Waals surface area contributed by atoms with Gasteiger partial charge in [0.25, 0.3) is 0 Å². The molecule has 2 aromatic rings. The number of likely N-dealkylation sites (tertiary alicyclic amines) is 1. The average molecular weight is 323 g/mol. The Kier molecular flexibility index (Phi) is 5.28. The van der Waals surface area contributed by atoms with Crippen molar-refractivity contribution in [1.82, 2.24) is 4.90 Å². The van der Waals surface area contributed by atoms with Crippen LogP contribution in [0.1, 0.15) is 23.0 Å². The Balaban J connectivity index is 1.78. The third-order valence-electron chi connectivity index (χ3n) is 5.02. The Morgan fingerprint density at radius 3 is 2.21 bits per heavy atom. The predicted octanol–water partition coefficient (Wildman–Crippen LogP) is 1.93. The van der Waals surface area contributed by atoms with E-state index in [1.54, 1.807) is 0 Å². The number of hydrogen-bond donors (Lipinski definition) is 2. The fourth-order valence-electron chi connectivity index (χ4n) is 3.65. The molecule has 1 aliphatic heterocycles. The van der Waals surface area contributed by atoms with Crippen molar-refractivity contribution >= 4 is 5.91 Å². The van der Waals surface area contributed by atoms with E-state index >= 15 is 0 Å². The van der Waals surface area contributed by atoms with Crippen molar-refractivity contribution in [2.75, 3.05) is 26.2 Å². The predicted molar refractivity (Wildman–Crippen MR) is 96.5 cm³/mol. The van der Waals surface area contributed by atoms with E-state index in [9.17, 15) is 4.79 Å². The topological polar surface area (TPSA) is 72.4 Å². The maximum Gasteiger partial charge on any atom is 0.231 e. The van der Waals surface area contributed by atoms with Crippen LogP contribution in [0.2, 0.25) is 0 Å². The molecular weight excluding hydrogens is 298 g/mol. The molecule has 1 saturated heterocycles. The lowest BCUT2D eigenvalue weighted by molar-refractivity contribution is -0.131. The largest absolute Gasteiger partial charge is 0.341 e. The van der Waals surface area contributed by atoms with E-state index < -0.39 is 0 Å². The molecule has 2 aromatic carbocycles. The summed E-state index contributed by atoms with van der Waals surface area (Å²) in [6.07, 6.45) is 0. The van der Waals surface area contributed by atoms with Crippen LogP contribution in [0.3, 0.4) is 0 Å². The summed E-state index contributed by atoms with van der Waals surface area (Å²) in [6.45, 7) is 2.33. The number of carbonyl (C=O) groups is 1. The van der Waals surface area contributed by atoms with Gasteiger partial charge in [0.15, 0.2) is 0 Å². The first-order chi connectivity index (χ1) is 11.7. The van der Waals surface area contributed by atoms with Crippen LogP contribution in [0.15, 0.2) is 60.7 Å². The first kappa shape index (κ1) is 16.7. The molecule has 24 heavy (non-hydrogen) atoms. The second-order valence-electron chi connectivity index (χ2n) is 6.46. The summed E-state index contributed by atoms with van der Waals surface area (Å²) < 4.78 is 0. The number of rotatable bonds is 5. The fourth-order valence-corrected chi connectivity index (χ4v) is 3.65. The molecule has 4 nitrogen and oxygen atoms in total. The van der Waals surface area contributed by atoms with Crippen LogP contribution < -0.4 is 11.5 Å². The van der Waals surface area contributed by atoms with E-state index in [4.69, 9.17) is 11.5 Å². The van der Waals surface area contributed by atoms with Gasteiger partial charge in [0, 0.05) is 25.6 Å². The second-order valence-corrected chi connectivity index (χ2v) is 6.46. The van der Waals surface area contributed by atoms with Crippen molar-refractivity contribution < 1.29 is 4.79 Å². The maximum atomic E-state index is 13.0. The molecule has 0 saturated carbocycles. The Hall–Kier alpha value is -2.17.